The van der Waals surface area contributed by atoms with Crippen LogP contribution in [0.25, 0.3) is 10.8 Å². The summed E-state index contributed by atoms with van der Waals surface area (Å²) in [5.74, 6) is 0. The summed E-state index contributed by atoms with van der Waals surface area (Å²) in [6.07, 6.45) is 3.19. The Morgan fingerprint density at radius 2 is 2.15 bits per heavy atom. The monoisotopic (exact) mass is 271 g/mol. The number of nitrogens with zero attached hydrogens (tertiary/aromatic N) is 2. The molecular weight excluding hydrogens is 250 g/mol. The molecule has 0 amide bonds. The summed E-state index contributed by atoms with van der Waals surface area (Å²) >= 11 is 0. The summed E-state index contributed by atoms with van der Waals surface area (Å²) in [7, 11) is 2.14. The van der Waals surface area contributed by atoms with Crippen molar-refractivity contribution in [3.63, 3.8) is 0 Å². The van der Waals surface area contributed by atoms with E-state index in [1.54, 1.807) is 0 Å². The molecular formula is C16H21N3O. The van der Waals surface area contributed by atoms with E-state index >= 15 is 0 Å². The van der Waals surface area contributed by atoms with Gasteiger partial charge >= 0.3 is 0 Å². The number of aromatic nitrogens is 1. The number of rotatable bonds is 2. The highest BCUT2D eigenvalue weighted by atomic mass is 16.5. The minimum absolute atomic E-state index is 0.260. The van der Waals surface area contributed by atoms with Crippen LogP contribution in [-0.4, -0.2) is 30.8 Å². The number of ether oxygens (including phenoxy) is 1. The van der Waals surface area contributed by atoms with E-state index in [9.17, 15) is 0 Å². The molecule has 1 aromatic carbocycles. The van der Waals surface area contributed by atoms with Crippen molar-refractivity contribution in [3.05, 3.63) is 30.1 Å². The Hall–Kier alpha value is -1.81. The van der Waals surface area contributed by atoms with E-state index in [1.807, 2.05) is 19.2 Å². The molecule has 2 unspecified atom stereocenters. The van der Waals surface area contributed by atoms with Crippen LogP contribution in [0.1, 0.15) is 19.0 Å². The zero-order chi connectivity index (χ0) is 14.3. The van der Waals surface area contributed by atoms with Crippen molar-refractivity contribution in [3.8, 4) is 0 Å². The number of nitrogens with two attached hydrogens (primary N) is 1. The summed E-state index contributed by atoms with van der Waals surface area (Å²) in [5, 5.41) is 2.19. The van der Waals surface area contributed by atoms with Crippen molar-refractivity contribution in [2.75, 3.05) is 24.3 Å². The summed E-state index contributed by atoms with van der Waals surface area (Å²) in [6.45, 7) is 4.98. The Labute approximate surface area is 119 Å². The van der Waals surface area contributed by atoms with Gasteiger partial charge in [-0.05, 0) is 38.5 Å². The minimum Gasteiger partial charge on any atom is -0.398 e. The lowest BCUT2D eigenvalue weighted by Gasteiger charge is -2.30. The molecule has 1 aliphatic rings. The first-order chi connectivity index (χ1) is 9.58. The molecule has 1 aromatic heterocycles. The summed E-state index contributed by atoms with van der Waals surface area (Å²) < 4.78 is 5.69. The summed E-state index contributed by atoms with van der Waals surface area (Å²) in [6, 6.07) is 6.58. The molecule has 1 saturated heterocycles. The lowest BCUT2D eigenvalue weighted by Crippen LogP contribution is -2.36. The van der Waals surface area contributed by atoms with Crippen molar-refractivity contribution in [1.82, 2.24) is 4.98 Å². The second-order valence-electron chi connectivity index (χ2n) is 5.59. The van der Waals surface area contributed by atoms with Gasteiger partial charge in [0.25, 0.3) is 0 Å². The van der Waals surface area contributed by atoms with Gasteiger partial charge in [0.2, 0.25) is 0 Å². The van der Waals surface area contributed by atoms with Gasteiger partial charge in [0, 0.05) is 47.7 Å². The second kappa shape index (κ2) is 4.94. The lowest BCUT2D eigenvalue weighted by molar-refractivity contribution is 0.118. The molecule has 3 rings (SSSR count). The highest BCUT2D eigenvalue weighted by molar-refractivity contribution is 6.01. The van der Waals surface area contributed by atoms with Crippen molar-refractivity contribution in [1.29, 1.82) is 0 Å². The standard InChI is InChI=1S/C16H21N3O/c1-10-8-12-13(9-18-10)14(17)4-5-16(12)19(3)15-6-7-20-11(15)2/h4-5,8-9,11,15H,6-7,17H2,1-3H3. The third-order valence-corrected chi connectivity index (χ3v) is 4.26. The van der Waals surface area contributed by atoms with E-state index < -0.39 is 0 Å². The van der Waals surface area contributed by atoms with Crippen LogP contribution in [0.3, 0.4) is 0 Å². The molecule has 1 aliphatic heterocycles. The van der Waals surface area contributed by atoms with Gasteiger partial charge in [0.15, 0.2) is 0 Å². The Balaban J connectivity index is 2.11. The van der Waals surface area contributed by atoms with Crippen LogP contribution in [0, 0.1) is 6.92 Å². The highest BCUT2D eigenvalue weighted by Gasteiger charge is 2.28. The van der Waals surface area contributed by atoms with E-state index in [0.717, 1.165) is 29.8 Å². The van der Waals surface area contributed by atoms with Gasteiger partial charge in [-0.2, -0.15) is 0 Å². The quantitative estimate of drug-likeness (QED) is 0.853. The maximum absolute atomic E-state index is 6.07. The Morgan fingerprint density at radius 1 is 1.35 bits per heavy atom. The van der Waals surface area contributed by atoms with Gasteiger partial charge in [-0.3, -0.25) is 4.98 Å². The van der Waals surface area contributed by atoms with E-state index in [4.69, 9.17) is 10.5 Å². The SMILES string of the molecule is Cc1cc2c(N(C)C3CCOC3C)ccc(N)c2cn1. The number of likely N-dealkylation sites (N-methyl/N-ethyl adjacent to an activating group) is 1. The molecule has 0 spiro atoms. The summed E-state index contributed by atoms with van der Waals surface area (Å²) in [5.41, 5.74) is 9.06. The second-order valence-corrected chi connectivity index (χ2v) is 5.59. The lowest BCUT2D eigenvalue weighted by atomic mass is 10.0. The number of pyridine rings is 1. The predicted octanol–water partition coefficient (Wildman–Crippen LogP) is 2.74. The molecule has 0 bridgehead atoms. The normalized spacial score (nSPS) is 22.4. The van der Waals surface area contributed by atoms with Crippen LogP contribution in [0.2, 0.25) is 0 Å². The van der Waals surface area contributed by atoms with Crippen LogP contribution in [0.5, 0.6) is 0 Å². The Kier molecular flexibility index (Phi) is 3.26. The maximum Gasteiger partial charge on any atom is 0.0750 e. The maximum atomic E-state index is 6.07. The first kappa shape index (κ1) is 13.2. The van der Waals surface area contributed by atoms with Gasteiger partial charge in [0.05, 0.1) is 12.1 Å². The van der Waals surface area contributed by atoms with Gasteiger partial charge in [-0.25, -0.2) is 0 Å². The topological polar surface area (TPSA) is 51.4 Å². The third-order valence-electron chi connectivity index (χ3n) is 4.26. The molecule has 2 heterocycles. The molecule has 0 aliphatic carbocycles. The van der Waals surface area contributed by atoms with Crippen molar-refractivity contribution in [2.24, 2.45) is 0 Å². The van der Waals surface area contributed by atoms with Crippen LogP contribution in [0.15, 0.2) is 24.4 Å². The third kappa shape index (κ3) is 2.10. The first-order valence-electron chi connectivity index (χ1n) is 7.07. The van der Waals surface area contributed by atoms with Crippen molar-refractivity contribution < 1.29 is 4.74 Å². The molecule has 106 valence electrons. The molecule has 0 saturated carbocycles. The van der Waals surface area contributed by atoms with Crippen molar-refractivity contribution >= 4 is 22.1 Å². The van der Waals surface area contributed by atoms with E-state index in [2.05, 4.69) is 36.0 Å². The molecule has 4 nitrogen and oxygen atoms in total. The average Bonchev–Trinajstić information content (AvgIpc) is 2.84. The van der Waals surface area contributed by atoms with Crippen molar-refractivity contribution in [2.45, 2.75) is 32.4 Å². The molecule has 0 radical (unpaired) electrons. The smallest absolute Gasteiger partial charge is 0.0750 e. The molecule has 4 heteroatoms. The Morgan fingerprint density at radius 3 is 2.85 bits per heavy atom. The van der Waals surface area contributed by atoms with E-state index in [-0.39, 0.29) is 6.10 Å². The van der Waals surface area contributed by atoms with E-state index in [0.29, 0.717) is 6.04 Å². The number of nitrogen functional groups attached to an aromatic ring is 1. The van der Waals surface area contributed by atoms with E-state index in [1.165, 1.54) is 11.1 Å². The first-order valence-corrected chi connectivity index (χ1v) is 7.07. The van der Waals surface area contributed by atoms with Gasteiger partial charge in [0.1, 0.15) is 0 Å². The number of benzene rings is 1. The van der Waals surface area contributed by atoms with Crippen LogP contribution < -0.4 is 10.6 Å². The molecule has 1 fully saturated rings. The fourth-order valence-electron chi connectivity index (χ4n) is 3.07. The zero-order valence-electron chi connectivity index (χ0n) is 12.3. The zero-order valence-corrected chi connectivity index (χ0v) is 12.3. The van der Waals surface area contributed by atoms with Crippen LogP contribution in [0.4, 0.5) is 11.4 Å². The fourth-order valence-corrected chi connectivity index (χ4v) is 3.07. The molecule has 2 aromatic rings. The van der Waals surface area contributed by atoms with Crippen LogP contribution >= 0.6 is 0 Å². The number of aryl methyl sites for hydroxylation is 1. The number of fused-ring (bicyclic) bond motifs is 1. The van der Waals surface area contributed by atoms with Crippen LogP contribution in [-0.2, 0) is 4.74 Å². The average molecular weight is 271 g/mol. The Bertz CT molecular complexity index is 641. The highest BCUT2D eigenvalue weighted by Crippen LogP contribution is 2.33. The summed E-state index contributed by atoms with van der Waals surface area (Å²) in [4.78, 5) is 6.68. The largest absolute Gasteiger partial charge is 0.398 e. The van der Waals surface area contributed by atoms with Gasteiger partial charge < -0.3 is 15.4 Å². The molecule has 20 heavy (non-hydrogen) atoms. The minimum atomic E-state index is 0.260. The number of hydrogen-bond acceptors (Lipinski definition) is 4. The predicted molar refractivity (Wildman–Crippen MR) is 83.1 cm³/mol. The fraction of sp³-hybridized carbons (Fsp3) is 0.438. The molecule has 2 N–H and O–H groups in total. The molecule has 2 atom stereocenters. The number of hydrogen-bond donors (Lipinski definition) is 1. The van der Waals surface area contributed by atoms with Gasteiger partial charge in [-0.15, -0.1) is 0 Å². The number of anilines is 2. The van der Waals surface area contributed by atoms with Gasteiger partial charge in [-0.1, -0.05) is 0 Å².